The van der Waals surface area contributed by atoms with E-state index in [9.17, 15) is 71.1 Å². The molecule has 0 bridgehead atoms. The lowest BCUT2D eigenvalue weighted by Crippen LogP contribution is -2.57. The van der Waals surface area contributed by atoms with Crippen molar-refractivity contribution in [1.29, 1.82) is 0 Å². The Morgan fingerprint density at radius 2 is 0.750 bits per heavy atom. The Bertz CT molecular complexity index is 692. The van der Waals surface area contributed by atoms with Crippen molar-refractivity contribution < 1.29 is 81.3 Å². The van der Waals surface area contributed by atoms with Gasteiger partial charge in [0.25, 0.3) is 0 Å². The highest BCUT2D eigenvalue weighted by molar-refractivity contribution is 5.65. The lowest BCUT2D eigenvalue weighted by atomic mass is 10.1. The van der Waals surface area contributed by atoms with E-state index in [1.807, 2.05) is 0 Å². The van der Waals surface area contributed by atoms with Crippen molar-refractivity contribution in [2.24, 2.45) is 0 Å². The van der Waals surface area contributed by atoms with E-state index in [1.165, 1.54) is 0 Å². The van der Waals surface area contributed by atoms with Crippen LogP contribution in [-0.2, 0) is 0 Å². The van der Waals surface area contributed by atoms with E-state index in [2.05, 4.69) is 0 Å². The van der Waals surface area contributed by atoms with Crippen LogP contribution in [0.2, 0.25) is 0 Å². The number of alkyl halides is 14. The molecule has 0 aliphatic rings. The predicted octanol–water partition coefficient (Wildman–Crippen LogP) is 6.17. The summed E-state index contributed by atoms with van der Waals surface area (Å²) in [7, 11) is 0. The van der Waals surface area contributed by atoms with Gasteiger partial charge in [-0.2, -0.15) is 61.5 Å². The number of hydrogen-bond donors (Lipinski definition) is 2. The zero-order valence-corrected chi connectivity index (χ0v) is 17.6. The largest absolute Gasteiger partial charge is 0.465 e. The van der Waals surface area contributed by atoms with Crippen LogP contribution in [0.1, 0.15) is 25.7 Å². The second kappa shape index (κ2) is 11.3. The topological polar surface area (TPSA) is 81.1 Å². The van der Waals surface area contributed by atoms with Gasteiger partial charge in [-0.1, -0.05) is 12.8 Å². The molecule has 0 atom stereocenters. The molecule has 2 amide bonds. The van der Waals surface area contributed by atoms with Gasteiger partial charge in [-0.25, -0.2) is 9.59 Å². The van der Waals surface area contributed by atoms with Crippen molar-refractivity contribution in [3.63, 3.8) is 0 Å². The number of carbonyl (C=O) groups is 2. The Morgan fingerprint density at radius 1 is 0.500 bits per heavy atom. The van der Waals surface area contributed by atoms with Crippen molar-refractivity contribution in [3.8, 4) is 0 Å². The van der Waals surface area contributed by atoms with Crippen molar-refractivity contribution in [3.05, 3.63) is 0 Å². The molecule has 0 aliphatic carbocycles. The summed E-state index contributed by atoms with van der Waals surface area (Å²) in [5.41, 5.74) is 0. The number of rotatable bonds is 13. The highest BCUT2D eigenvalue weighted by Gasteiger charge is 2.74. The zero-order valence-electron chi connectivity index (χ0n) is 17.6. The number of nitrogens with zero attached hydrogens (tertiary/aromatic N) is 2. The number of amides is 2. The molecule has 0 saturated carbocycles. The Labute approximate surface area is 192 Å². The summed E-state index contributed by atoms with van der Waals surface area (Å²) >= 11 is 0. The van der Waals surface area contributed by atoms with E-state index >= 15 is 0 Å². The molecule has 0 saturated heterocycles. The van der Waals surface area contributed by atoms with Crippen molar-refractivity contribution in [1.82, 2.24) is 9.80 Å². The number of hydrogen-bond acceptors (Lipinski definition) is 2. The summed E-state index contributed by atoms with van der Waals surface area (Å²) in [5.74, 6) is -24.8. The standard InChI is InChI=1S/C16H18F14N2O4/c17-11(18,13(21,22)15(25,26)27)7-31(9(33)34)5-3-1-2-4-6-32(10(35)36)8-12(19,20)14(23,24)16(28,29)30/h1-8H2,(H,33,34)(H,35,36). The summed E-state index contributed by atoms with van der Waals surface area (Å²) < 4.78 is 178. The fourth-order valence-corrected chi connectivity index (χ4v) is 2.54. The summed E-state index contributed by atoms with van der Waals surface area (Å²) in [6.07, 6.45) is -19.5. The van der Waals surface area contributed by atoms with Gasteiger partial charge in [0.15, 0.2) is 0 Å². The van der Waals surface area contributed by atoms with E-state index in [0.29, 0.717) is 0 Å². The molecule has 0 aromatic carbocycles. The maximum Gasteiger partial charge on any atom is 0.459 e. The third kappa shape index (κ3) is 8.04. The fraction of sp³-hybridized carbons (Fsp3) is 0.875. The SMILES string of the molecule is O=C(O)N(CCCCCCN(CC(F)(F)C(F)(F)C(F)(F)F)C(=O)O)CC(F)(F)C(F)(F)C(F)(F)F. The molecule has 0 aliphatic heterocycles. The van der Waals surface area contributed by atoms with Gasteiger partial charge in [0.1, 0.15) is 0 Å². The van der Waals surface area contributed by atoms with Crippen molar-refractivity contribution in [2.75, 3.05) is 26.2 Å². The first-order chi connectivity index (χ1) is 15.8. The lowest BCUT2D eigenvalue weighted by molar-refractivity contribution is -0.355. The van der Waals surface area contributed by atoms with Gasteiger partial charge in [-0.3, -0.25) is 0 Å². The van der Waals surface area contributed by atoms with E-state index in [4.69, 9.17) is 10.2 Å². The van der Waals surface area contributed by atoms with Crippen LogP contribution < -0.4 is 0 Å². The molecule has 0 radical (unpaired) electrons. The van der Waals surface area contributed by atoms with E-state index in [0.717, 1.165) is 0 Å². The lowest BCUT2D eigenvalue weighted by Gasteiger charge is -2.32. The van der Waals surface area contributed by atoms with Crippen LogP contribution in [0.4, 0.5) is 71.1 Å². The molecule has 0 heterocycles. The quantitative estimate of drug-likeness (QED) is 0.206. The number of carboxylic acid groups (broad SMARTS) is 2. The van der Waals surface area contributed by atoms with E-state index in [1.54, 1.807) is 0 Å². The molecule has 0 aromatic heterocycles. The molecule has 36 heavy (non-hydrogen) atoms. The van der Waals surface area contributed by atoms with Crippen molar-refractivity contribution in [2.45, 2.75) is 61.7 Å². The minimum atomic E-state index is -6.70. The van der Waals surface area contributed by atoms with Gasteiger partial charge in [0.05, 0.1) is 13.1 Å². The van der Waals surface area contributed by atoms with Crippen LogP contribution in [0.5, 0.6) is 0 Å². The first-order valence-electron chi connectivity index (χ1n) is 9.42. The maximum absolute atomic E-state index is 13.4. The van der Waals surface area contributed by atoms with Crippen LogP contribution in [0.25, 0.3) is 0 Å². The first kappa shape index (κ1) is 33.6. The molecule has 214 valence electrons. The molecule has 6 nitrogen and oxygen atoms in total. The highest BCUT2D eigenvalue weighted by Crippen LogP contribution is 2.47. The summed E-state index contributed by atoms with van der Waals surface area (Å²) in [4.78, 5) is 20.9. The van der Waals surface area contributed by atoms with Crippen LogP contribution in [-0.4, -0.2) is 94.4 Å². The Balaban J connectivity index is 4.91. The maximum atomic E-state index is 13.4. The highest BCUT2D eigenvalue weighted by atomic mass is 19.4. The molecular weight excluding hydrogens is 550 g/mol. The molecule has 0 fully saturated rings. The smallest absolute Gasteiger partial charge is 0.459 e. The average Bonchev–Trinajstić information content (AvgIpc) is 2.66. The molecule has 0 unspecified atom stereocenters. The third-order valence-corrected chi connectivity index (χ3v) is 4.56. The van der Waals surface area contributed by atoms with Crippen LogP contribution >= 0.6 is 0 Å². The predicted molar refractivity (Wildman–Crippen MR) is 89.6 cm³/mol. The van der Waals surface area contributed by atoms with E-state index < -0.39 is 97.0 Å². The van der Waals surface area contributed by atoms with Crippen LogP contribution in [0, 0.1) is 0 Å². The molecular formula is C16H18F14N2O4. The Hall–Kier alpha value is -2.44. The monoisotopic (exact) mass is 568 g/mol. The molecule has 2 N–H and O–H groups in total. The van der Waals surface area contributed by atoms with Gasteiger partial charge in [0.2, 0.25) is 0 Å². The zero-order chi connectivity index (χ0) is 29.0. The Morgan fingerprint density at radius 3 is 0.944 bits per heavy atom. The molecule has 20 heteroatoms. The van der Waals surface area contributed by atoms with Crippen molar-refractivity contribution >= 4 is 12.2 Å². The second-order valence-electron chi connectivity index (χ2n) is 7.38. The van der Waals surface area contributed by atoms with Gasteiger partial charge < -0.3 is 20.0 Å². The number of halogens is 14. The van der Waals surface area contributed by atoms with Gasteiger partial charge in [0, 0.05) is 13.1 Å². The van der Waals surface area contributed by atoms with E-state index in [-0.39, 0.29) is 12.8 Å². The van der Waals surface area contributed by atoms with Gasteiger partial charge in [-0.05, 0) is 12.8 Å². The van der Waals surface area contributed by atoms with Gasteiger partial charge in [-0.15, -0.1) is 0 Å². The molecule has 0 rings (SSSR count). The fourth-order valence-electron chi connectivity index (χ4n) is 2.54. The summed E-state index contributed by atoms with van der Waals surface area (Å²) in [5, 5.41) is 17.5. The first-order valence-corrected chi connectivity index (χ1v) is 9.42. The second-order valence-corrected chi connectivity index (χ2v) is 7.38. The summed E-state index contributed by atoms with van der Waals surface area (Å²) in [6, 6.07) is 0. The molecule has 0 spiro atoms. The summed E-state index contributed by atoms with van der Waals surface area (Å²) in [6.45, 7) is -7.14. The van der Waals surface area contributed by atoms with Gasteiger partial charge >= 0.3 is 48.2 Å². The minimum Gasteiger partial charge on any atom is -0.465 e. The van der Waals surface area contributed by atoms with Crippen LogP contribution in [0.15, 0.2) is 0 Å². The average molecular weight is 568 g/mol. The molecule has 0 aromatic rings. The normalized spacial score (nSPS) is 14.1. The Kier molecular flexibility index (Phi) is 10.5. The third-order valence-electron chi connectivity index (χ3n) is 4.56. The number of unbranched alkanes of at least 4 members (excludes halogenated alkanes) is 3. The van der Waals surface area contributed by atoms with Crippen LogP contribution in [0.3, 0.4) is 0 Å². The minimum absolute atomic E-state index is 0.284.